The van der Waals surface area contributed by atoms with E-state index in [1.165, 1.54) is 11.1 Å². The van der Waals surface area contributed by atoms with Gasteiger partial charge in [0.1, 0.15) is 12.4 Å². The first-order valence-electron chi connectivity index (χ1n) is 12.0. The molecule has 0 saturated heterocycles. The van der Waals surface area contributed by atoms with Crippen LogP contribution in [-0.4, -0.2) is 71.2 Å². The summed E-state index contributed by atoms with van der Waals surface area (Å²) >= 11 is 0. The fourth-order valence-electron chi connectivity index (χ4n) is 3.04. The van der Waals surface area contributed by atoms with Crippen molar-refractivity contribution in [3.63, 3.8) is 0 Å². The van der Waals surface area contributed by atoms with Gasteiger partial charge in [-0.05, 0) is 35.3 Å². The van der Waals surface area contributed by atoms with Gasteiger partial charge in [0.05, 0.1) is 59.5 Å². The van der Waals surface area contributed by atoms with Crippen LogP contribution in [0.3, 0.4) is 0 Å². The van der Waals surface area contributed by atoms with E-state index >= 15 is 0 Å². The number of benzene rings is 1. The Kier molecular flexibility index (Phi) is 14.1. The van der Waals surface area contributed by atoms with Crippen LogP contribution in [0.1, 0.15) is 65.5 Å². The maximum Gasteiger partial charge on any atom is 0.123 e. The monoisotopic (exact) mass is 454 g/mol. The molecule has 0 unspecified atom stereocenters. The summed E-state index contributed by atoms with van der Waals surface area (Å²) < 4.78 is 27.7. The normalized spacial score (nSPS) is 12.3. The molecule has 0 aromatic heterocycles. The maximum atomic E-state index is 8.60. The van der Waals surface area contributed by atoms with Crippen molar-refractivity contribution in [1.82, 2.24) is 0 Å². The summed E-state index contributed by atoms with van der Waals surface area (Å²) in [6.45, 7) is 18.1. The van der Waals surface area contributed by atoms with E-state index in [9.17, 15) is 0 Å². The molecule has 0 aliphatic carbocycles. The molecule has 0 spiro atoms. The molecule has 0 aliphatic heterocycles. The highest BCUT2D eigenvalue weighted by Crippen LogP contribution is 2.38. The average Bonchev–Trinajstić information content (AvgIpc) is 2.79. The highest BCUT2D eigenvalue weighted by atomic mass is 16.6. The van der Waals surface area contributed by atoms with Gasteiger partial charge in [0.15, 0.2) is 0 Å². The first-order valence-corrected chi connectivity index (χ1v) is 12.0. The van der Waals surface area contributed by atoms with Crippen molar-refractivity contribution in [3.05, 3.63) is 29.3 Å². The van der Waals surface area contributed by atoms with Crippen molar-refractivity contribution in [1.29, 1.82) is 0 Å². The van der Waals surface area contributed by atoms with Gasteiger partial charge in [0.2, 0.25) is 0 Å². The van der Waals surface area contributed by atoms with Crippen molar-refractivity contribution in [2.75, 3.05) is 66.1 Å². The van der Waals surface area contributed by atoms with E-state index in [-0.39, 0.29) is 17.4 Å². The number of aliphatic hydroxyl groups is 1. The van der Waals surface area contributed by atoms with E-state index < -0.39 is 0 Å². The third-order valence-electron chi connectivity index (χ3n) is 6.09. The van der Waals surface area contributed by atoms with Crippen LogP contribution < -0.4 is 4.74 Å². The minimum Gasteiger partial charge on any atom is -0.491 e. The fourth-order valence-corrected chi connectivity index (χ4v) is 3.04. The van der Waals surface area contributed by atoms with Crippen LogP contribution in [0.25, 0.3) is 0 Å². The molecule has 0 heterocycles. The maximum absolute atomic E-state index is 8.60. The molecule has 0 fully saturated rings. The lowest BCUT2D eigenvalue weighted by molar-refractivity contribution is -0.00783. The Hall–Kier alpha value is -1.18. The van der Waals surface area contributed by atoms with Crippen LogP contribution in [0.15, 0.2) is 18.2 Å². The van der Waals surface area contributed by atoms with Gasteiger partial charge >= 0.3 is 0 Å². The van der Waals surface area contributed by atoms with E-state index in [0.29, 0.717) is 59.5 Å². The van der Waals surface area contributed by atoms with Crippen LogP contribution in [0, 0.1) is 0 Å². The summed E-state index contributed by atoms with van der Waals surface area (Å²) in [5.74, 6) is 0.951. The minimum atomic E-state index is 0.0373. The molecule has 0 amide bonds. The Labute approximate surface area is 195 Å². The molecular weight excluding hydrogens is 408 g/mol. The summed E-state index contributed by atoms with van der Waals surface area (Å²) in [7, 11) is 0. The summed E-state index contributed by atoms with van der Waals surface area (Å²) in [6, 6.07) is 6.65. The Morgan fingerprint density at radius 2 is 1.12 bits per heavy atom. The summed E-state index contributed by atoms with van der Waals surface area (Å²) in [4.78, 5) is 0. The van der Waals surface area contributed by atoms with Gasteiger partial charge in [-0.15, -0.1) is 0 Å². The predicted octanol–water partition coefficient (Wildman–Crippen LogP) is 4.50. The highest BCUT2D eigenvalue weighted by molar-refractivity contribution is 5.44. The molecular formula is C26H46O6. The van der Waals surface area contributed by atoms with E-state index in [0.717, 1.165) is 18.6 Å². The van der Waals surface area contributed by atoms with Gasteiger partial charge in [0, 0.05) is 5.56 Å². The largest absolute Gasteiger partial charge is 0.491 e. The van der Waals surface area contributed by atoms with E-state index in [1.54, 1.807) is 0 Å². The number of hydrogen-bond donors (Lipinski definition) is 1. The average molecular weight is 455 g/mol. The second-order valence-electron chi connectivity index (χ2n) is 9.21. The van der Waals surface area contributed by atoms with Crippen LogP contribution >= 0.6 is 0 Å². The lowest BCUT2D eigenvalue weighted by Crippen LogP contribution is -2.21. The molecule has 0 aliphatic rings. The zero-order chi connectivity index (χ0) is 23.9. The first-order chi connectivity index (χ1) is 15.3. The van der Waals surface area contributed by atoms with Gasteiger partial charge in [-0.1, -0.05) is 53.7 Å². The second kappa shape index (κ2) is 15.6. The van der Waals surface area contributed by atoms with Crippen molar-refractivity contribution < 1.29 is 28.8 Å². The molecule has 1 aromatic carbocycles. The Morgan fingerprint density at radius 1 is 0.656 bits per heavy atom. The molecule has 1 aromatic rings. The van der Waals surface area contributed by atoms with Gasteiger partial charge in [-0.3, -0.25) is 0 Å². The SMILES string of the molecule is CCC(C)(C)c1ccc(OCCOCCOCCOCCOCCO)c(C(C)(C)CC)c1. The zero-order valence-electron chi connectivity index (χ0n) is 21.2. The molecule has 0 radical (unpaired) electrons. The Morgan fingerprint density at radius 3 is 1.59 bits per heavy atom. The summed E-state index contributed by atoms with van der Waals surface area (Å²) in [6.07, 6.45) is 2.15. The lowest BCUT2D eigenvalue weighted by atomic mass is 9.76. The van der Waals surface area contributed by atoms with Crippen LogP contribution in [-0.2, 0) is 29.8 Å². The molecule has 0 saturated carbocycles. The zero-order valence-corrected chi connectivity index (χ0v) is 21.2. The van der Waals surface area contributed by atoms with Crippen LogP contribution in [0.5, 0.6) is 5.75 Å². The number of rotatable bonds is 19. The van der Waals surface area contributed by atoms with Gasteiger partial charge in [-0.25, -0.2) is 0 Å². The Balaban J connectivity index is 2.31. The topological polar surface area (TPSA) is 66.4 Å². The van der Waals surface area contributed by atoms with Gasteiger partial charge < -0.3 is 28.8 Å². The second-order valence-corrected chi connectivity index (χ2v) is 9.21. The smallest absolute Gasteiger partial charge is 0.123 e. The first kappa shape index (κ1) is 28.9. The fraction of sp³-hybridized carbons (Fsp3) is 0.769. The highest BCUT2D eigenvalue weighted by Gasteiger charge is 2.26. The minimum absolute atomic E-state index is 0.0373. The van der Waals surface area contributed by atoms with Gasteiger partial charge in [0.25, 0.3) is 0 Å². The molecule has 0 atom stereocenters. The van der Waals surface area contributed by atoms with Gasteiger partial charge in [-0.2, -0.15) is 0 Å². The van der Waals surface area contributed by atoms with E-state index in [4.69, 9.17) is 28.8 Å². The van der Waals surface area contributed by atoms with E-state index in [1.807, 2.05) is 0 Å². The quantitative estimate of drug-likeness (QED) is 0.311. The van der Waals surface area contributed by atoms with E-state index in [2.05, 4.69) is 59.7 Å². The molecule has 1 rings (SSSR count). The molecule has 0 bridgehead atoms. The molecule has 186 valence electrons. The predicted molar refractivity (Wildman–Crippen MR) is 129 cm³/mol. The third kappa shape index (κ3) is 10.6. The van der Waals surface area contributed by atoms with Crippen molar-refractivity contribution in [2.45, 2.75) is 65.2 Å². The standard InChI is InChI=1S/C26H46O6/c1-7-25(3,4)22-9-10-24(23(21-22)26(5,6)8-2)32-20-19-31-18-17-30-16-15-29-14-13-28-12-11-27/h9-10,21,27H,7-8,11-20H2,1-6H3. The molecule has 6 heteroatoms. The molecule has 32 heavy (non-hydrogen) atoms. The number of hydrogen-bond acceptors (Lipinski definition) is 6. The van der Waals surface area contributed by atoms with Crippen molar-refractivity contribution in [2.24, 2.45) is 0 Å². The van der Waals surface area contributed by atoms with Crippen LogP contribution in [0.2, 0.25) is 0 Å². The molecule has 6 nitrogen and oxygen atoms in total. The summed E-state index contributed by atoms with van der Waals surface area (Å²) in [5.41, 5.74) is 2.83. The third-order valence-corrected chi connectivity index (χ3v) is 6.09. The Bertz CT molecular complexity index is 614. The number of ether oxygens (including phenoxy) is 5. The van der Waals surface area contributed by atoms with Crippen molar-refractivity contribution >= 4 is 0 Å². The van der Waals surface area contributed by atoms with Crippen molar-refractivity contribution in [3.8, 4) is 5.75 Å². The lowest BCUT2D eigenvalue weighted by Gasteiger charge is -2.30. The number of aliphatic hydroxyl groups excluding tert-OH is 1. The molecule has 1 N–H and O–H groups in total. The van der Waals surface area contributed by atoms with Crippen LogP contribution in [0.4, 0.5) is 0 Å². The summed E-state index contributed by atoms with van der Waals surface area (Å²) in [5, 5.41) is 8.60.